The standard InChI is InChI=1S/C11H9FO2/c12-9-5-3-8(4-6-9)10-2-1-7-14-11(10)13/h2-6H,1,7H2. The predicted molar refractivity (Wildman–Crippen MR) is 50.0 cm³/mol. The number of cyclic esters (lactones) is 1. The van der Waals surface area contributed by atoms with Gasteiger partial charge < -0.3 is 4.74 Å². The van der Waals surface area contributed by atoms with E-state index in [2.05, 4.69) is 0 Å². The molecular weight excluding hydrogens is 183 g/mol. The summed E-state index contributed by atoms with van der Waals surface area (Å²) < 4.78 is 17.5. The Morgan fingerprint density at radius 1 is 1.21 bits per heavy atom. The summed E-state index contributed by atoms with van der Waals surface area (Å²) in [6, 6.07) is 5.82. The molecule has 0 fully saturated rings. The van der Waals surface area contributed by atoms with Gasteiger partial charge in [-0.25, -0.2) is 9.18 Å². The van der Waals surface area contributed by atoms with Gasteiger partial charge in [0.25, 0.3) is 0 Å². The van der Waals surface area contributed by atoms with E-state index in [4.69, 9.17) is 4.74 Å². The maximum absolute atomic E-state index is 12.6. The first-order valence-electron chi connectivity index (χ1n) is 4.40. The van der Waals surface area contributed by atoms with Crippen molar-refractivity contribution in [3.8, 4) is 0 Å². The van der Waals surface area contributed by atoms with Crippen molar-refractivity contribution in [1.82, 2.24) is 0 Å². The molecule has 2 nitrogen and oxygen atoms in total. The second kappa shape index (κ2) is 3.62. The number of benzene rings is 1. The highest BCUT2D eigenvalue weighted by Gasteiger charge is 2.16. The Morgan fingerprint density at radius 2 is 1.93 bits per heavy atom. The molecule has 0 aromatic heterocycles. The molecule has 1 aliphatic rings. The summed E-state index contributed by atoms with van der Waals surface area (Å²) in [5, 5.41) is 0. The number of halogens is 1. The quantitative estimate of drug-likeness (QED) is 0.637. The van der Waals surface area contributed by atoms with Crippen LogP contribution in [0, 0.1) is 5.82 Å². The fourth-order valence-corrected chi connectivity index (χ4v) is 1.38. The third-order valence-corrected chi connectivity index (χ3v) is 2.07. The molecule has 1 aromatic rings. The Hall–Kier alpha value is -1.64. The van der Waals surface area contributed by atoms with Crippen molar-refractivity contribution in [3.05, 3.63) is 41.7 Å². The molecule has 0 amide bonds. The van der Waals surface area contributed by atoms with Crippen LogP contribution in [0.15, 0.2) is 30.3 Å². The Kier molecular flexibility index (Phi) is 2.31. The lowest BCUT2D eigenvalue weighted by atomic mass is 10.0. The lowest BCUT2D eigenvalue weighted by molar-refractivity contribution is -0.137. The molecule has 1 heterocycles. The van der Waals surface area contributed by atoms with Crippen LogP contribution in [0.4, 0.5) is 4.39 Å². The van der Waals surface area contributed by atoms with Gasteiger partial charge in [0.05, 0.1) is 12.2 Å². The normalized spacial score (nSPS) is 16.1. The van der Waals surface area contributed by atoms with Crippen molar-refractivity contribution in [2.24, 2.45) is 0 Å². The minimum absolute atomic E-state index is 0.307. The van der Waals surface area contributed by atoms with Crippen molar-refractivity contribution in [2.75, 3.05) is 6.61 Å². The molecule has 0 saturated carbocycles. The minimum atomic E-state index is -0.331. The molecule has 72 valence electrons. The number of carbonyl (C=O) groups is 1. The zero-order chi connectivity index (χ0) is 9.97. The molecule has 0 atom stereocenters. The van der Waals surface area contributed by atoms with Crippen LogP contribution in [-0.4, -0.2) is 12.6 Å². The first-order valence-corrected chi connectivity index (χ1v) is 4.40. The van der Waals surface area contributed by atoms with Crippen LogP contribution < -0.4 is 0 Å². The molecule has 0 N–H and O–H groups in total. The number of carbonyl (C=O) groups excluding carboxylic acids is 1. The highest BCUT2D eigenvalue weighted by atomic mass is 19.1. The molecule has 1 aliphatic heterocycles. The molecular formula is C11H9FO2. The topological polar surface area (TPSA) is 26.3 Å². The van der Waals surface area contributed by atoms with E-state index >= 15 is 0 Å². The Bertz CT molecular complexity index is 379. The molecule has 0 unspecified atom stereocenters. The van der Waals surface area contributed by atoms with Crippen molar-refractivity contribution in [2.45, 2.75) is 6.42 Å². The van der Waals surface area contributed by atoms with Crippen molar-refractivity contribution < 1.29 is 13.9 Å². The van der Waals surface area contributed by atoms with E-state index in [0.29, 0.717) is 17.7 Å². The van der Waals surface area contributed by atoms with Crippen LogP contribution in [0.5, 0.6) is 0 Å². The van der Waals surface area contributed by atoms with Crippen LogP contribution in [0.1, 0.15) is 12.0 Å². The average molecular weight is 192 g/mol. The molecule has 2 rings (SSSR count). The molecule has 3 heteroatoms. The number of esters is 1. The minimum Gasteiger partial charge on any atom is -0.462 e. The Balaban J connectivity index is 2.34. The van der Waals surface area contributed by atoms with Crippen molar-refractivity contribution in [3.63, 3.8) is 0 Å². The van der Waals surface area contributed by atoms with Crippen molar-refractivity contribution >= 4 is 11.5 Å². The molecule has 0 bridgehead atoms. The summed E-state index contributed by atoms with van der Waals surface area (Å²) in [7, 11) is 0. The van der Waals surface area contributed by atoms with E-state index in [0.717, 1.165) is 6.42 Å². The SMILES string of the molecule is O=C1OCCC=C1c1ccc(F)cc1. The fraction of sp³-hybridized carbons (Fsp3) is 0.182. The maximum Gasteiger partial charge on any atom is 0.338 e. The largest absolute Gasteiger partial charge is 0.462 e. The molecule has 14 heavy (non-hydrogen) atoms. The van der Waals surface area contributed by atoms with Crippen LogP contribution in [0.3, 0.4) is 0 Å². The van der Waals surface area contributed by atoms with Crippen LogP contribution in [0.25, 0.3) is 5.57 Å². The number of hydrogen-bond donors (Lipinski definition) is 0. The molecule has 0 spiro atoms. The van der Waals surface area contributed by atoms with Crippen LogP contribution in [-0.2, 0) is 9.53 Å². The predicted octanol–water partition coefficient (Wildman–Crippen LogP) is 2.16. The second-order valence-corrected chi connectivity index (χ2v) is 3.05. The van der Waals surface area contributed by atoms with E-state index < -0.39 is 0 Å². The lowest BCUT2D eigenvalue weighted by Gasteiger charge is -2.12. The molecule has 0 aliphatic carbocycles. The summed E-state index contributed by atoms with van der Waals surface area (Å²) in [6.45, 7) is 0.434. The first kappa shape index (κ1) is 8.94. The summed E-state index contributed by atoms with van der Waals surface area (Å²) in [5.41, 5.74) is 1.23. The Morgan fingerprint density at radius 3 is 2.57 bits per heavy atom. The first-order chi connectivity index (χ1) is 6.77. The van der Waals surface area contributed by atoms with Crippen LogP contribution >= 0.6 is 0 Å². The van der Waals surface area contributed by atoms with E-state index in [-0.39, 0.29) is 11.8 Å². The fourth-order valence-electron chi connectivity index (χ4n) is 1.38. The van der Waals surface area contributed by atoms with E-state index in [9.17, 15) is 9.18 Å². The lowest BCUT2D eigenvalue weighted by Crippen LogP contribution is -2.12. The number of rotatable bonds is 1. The van der Waals surface area contributed by atoms with E-state index in [1.54, 1.807) is 12.1 Å². The average Bonchev–Trinajstić information content (AvgIpc) is 2.20. The summed E-state index contributed by atoms with van der Waals surface area (Å²) in [5.74, 6) is -0.638. The molecule has 0 saturated heterocycles. The second-order valence-electron chi connectivity index (χ2n) is 3.05. The van der Waals surface area contributed by atoms with Gasteiger partial charge in [-0.2, -0.15) is 0 Å². The Labute approximate surface area is 81.0 Å². The number of ether oxygens (including phenoxy) is 1. The van der Waals surface area contributed by atoms with Gasteiger partial charge in [-0.3, -0.25) is 0 Å². The highest BCUT2D eigenvalue weighted by Crippen LogP contribution is 2.20. The zero-order valence-corrected chi connectivity index (χ0v) is 7.50. The van der Waals surface area contributed by atoms with E-state index in [1.165, 1.54) is 12.1 Å². The smallest absolute Gasteiger partial charge is 0.338 e. The van der Waals surface area contributed by atoms with Gasteiger partial charge >= 0.3 is 5.97 Å². The van der Waals surface area contributed by atoms with E-state index in [1.807, 2.05) is 6.08 Å². The summed E-state index contributed by atoms with van der Waals surface area (Å²) >= 11 is 0. The third-order valence-electron chi connectivity index (χ3n) is 2.07. The maximum atomic E-state index is 12.6. The van der Waals surface area contributed by atoms with Gasteiger partial charge in [-0.1, -0.05) is 18.2 Å². The van der Waals surface area contributed by atoms with Gasteiger partial charge in [0, 0.05) is 6.42 Å². The van der Waals surface area contributed by atoms with Crippen LogP contribution in [0.2, 0.25) is 0 Å². The van der Waals surface area contributed by atoms with Gasteiger partial charge in [-0.05, 0) is 17.7 Å². The number of hydrogen-bond acceptors (Lipinski definition) is 2. The van der Waals surface area contributed by atoms with Gasteiger partial charge in [0.15, 0.2) is 0 Å². The van der Waals surface area contributed by atoms with Crippen molar-refractivity contribution in [1.29, 1.82) is 0 Å². The molecule has 0 radical (unpaired) electrons. The van der Waals surface area contributed by atoms with Gasteiger partial charge in [-0.15, -0.1) is 0 Å². The monoisotopic (exact) mass is 192 g/mol. The van der Waals surface area contributed by atoms with Gasteiger partial charge in [0.2, 0.25) is 0 Å². The summed E-state index contributed by atoms with van der Waals surface area (Å²) in [4.78, 5) is 11.3. The van der Waals surface area contributed by atoms with Gasteiger partial charge in [0.1, 0.15) is 5.82 Å². The zero-order valence-electron chi connectivity index (χ0n) is 7.50. The molecule has 1 aromatic carbocycles. The third kappa shape index (κ3) is 1.66. The highest BCUT2D eigenvalue weighted by molar-refractivity contribution is 6.16. The summed E-state index contributed by atoms with van der Waals surface area (Å²) in [6.07, 6.45) is 2.54.